The molecule has 2 aromatic carbocycles. The Kier molecular flexibility index (Phi) is 4.94. The van der Waals surface area contributed by atoms with Gasteiger partial charge in [0, 0.05) is 11.0 Å². The Morgan fingerprint density at radius 1 is 1.05 bits per heavy atom. The third kappa shape index (κ3) is 3.40. The van der Waals surface area contributed by atoms with Crippen LogP contribution >= 0.6 is 15.9 Å². The smallest absolute Gasteiger partial charge is 0.261 e. The van der Waals surface area contributed by atoms with Crippen molar-refractivity contribution in [3.05, 3.63) is 82.9 Å². The highest BCUT2D eigenvalue weighted by atomic mass is 79.9. The highest BCUT2D eigenvalue weighted by molar-refractivity contribution is 9.11. The monoisotopic (exact) mass is 345 g/mol. The van der Waals surface area contributed by atoms with Gasteiger partial charge in [-0.05, 0) is 11.1 Å². The Balaban J connectivity index is 2.45. The van der Waals surface area contributed by atoms with Gasteiger partial charge < -0.3 is 10.4 Å². The zero-order valence-electron chi connectivity index (χ0n) is 11.4. The minimum Gasteiger partial charge on any atom is -0.372 e. The molecule has 2 rings (SSSR count). The summed E-state index contributed by atoms with van der Waals surface area (Å²) in [5.41, 5.74) is -0.687. The van der Waals surface area contributed by atoms with Gasteiger partial charge in [-0.25, -0.2) is 0 Å². The van der Waals surface area contributed by atoms with Crippen molar-refractivity contribution in [2.75, 3.05) is 6.54 Å². The molecule has 2 aromatic rings. The number of hydrogen-bond acceptors (Lipinski definition) is 2. The molecule has 0 heterocycles. The molecule has 0 aromatic heterocycles. The fourth-order valence-corrected chi connectivity index (χ4v) is 2.23. The van der Waals surface area contributed by atoms with Gasteiger partial charge in [0.15, 0.2) is 5.60 Å². The Labute approximate surface area is 132 Å². The molecular formula is C17H16BrNO2. The second-order valence-electron chi connectivity index (χ2n) is 4.64. The summed E-state index contributed by atoms with van der Waals surface area (Å²) in [5, 5.41) is 13.8. The normalized spacial score (nSPS) is 11.0. The molecule has 1 amide bonds. The lowest BCUT2D eigenvalue weighted by atomic mass is 9.85. The predicted molar refractivity (Wildman–Crippen MR) is 87.0 cm³/mol. The van der Waals surface area contributed by atoms with Crippen LogP contribution < -0.4 is 5.32 Å². The van der Waals surface area contributed by atoms with Crippen LogP contribution in [0.5, 0.6) is 0 Å². The van der Waals surface area contributed by atoms with Crippen molar-refractivity contribution in [3.8, 4) is 0 Å². The second kappa shape index (κ2) is 6.70. The highest BCUT2D eigenvalue weighted by Crippen LogP contribution is 2.29. The minimum absolute atomic E-state index is 0.251. The maximum atomic E-state index is 12.5. The summed E-state index contributed by atoms with van der Waals surface area (Å²) in [4.78, 5) is 12.5. The summed E-state index contributed by atoms with van der Waals surface area (Å²) in [6.45, 7) is 3.93. The quantitative estimate of drug-likeness (QED) is 0.875. The minimum atomic E-state index is -1.73. The average molecular weight is 346 g/mol. The third-order valence-corrected chi connectivity index (χ3v) is 3.43. The maximum Gasteiger partial charge on any atom is 0.261 e. The second-order valence-corrected chi connectivity index (χ2v) is 5.76. The molecule has 0 bridgehead atoms. The molecule has 0 radical (unpaired) electrons. The fraction of sp³-hybridized carbons (Fsp3) is 0.118. The van der Waals surface area contributed by atoms with E-state index in [0.717, 1.165) is 0 Å². The molecule has 4 heteroatoms. The molecule has 0 atom stereocenters. The number of hydrogen-bond donors (Lipinski definition) is 2. The van der Waals surface area contributed by atoms with E-state index < -0.39 is 11.5 Å². The van der Waals surface area contributed by atoms with Crippen LogP contribution in [-0.2, 0) is 10.4 Å². The van der Waals surface area contributed by atoms with E-state index in [1.165, 1.54) is 0 Å². The van der Waals surface area contributed by atoms with E-state index in [1.807, 2.05) is 12.1 Å². The molecule has 3 nitrogen and oxygen atoms in total. The largest absolute Gasteiger partial charge is 0.372 e. The molecule has 0 spiro atoms. The molecule has 0 saturated carbocycles. The molecule has 0 unspecified atom stereocenters. The number of nitrogens with one attached hydrogen (secondary N) is 1. The molecule has 0 saturated heterocycles. The topological polar surface area (TPSA) is 49.3 Å². The average Bonchev–Trinajstić information content (AvgIpc) is 2.53. The van der Waals surface area contributed by atoms with Gasteiger partial charge in [0.2, 0.25) is 0 Å². The summed E-state index contributed by atoms with van der Waals surface area (Å²) in [6.07, 6.45) is 0. The van der Waals surface area contributed by atoms with Crippen molar-refractivity contribution in [3.63, 3.8) is 0 Å². The van der Waals surface area contributed by atoms with Crippen LogP contribution in [0.1, 0.15) is 11.1 Å². The van der Waals surface area contributed by atoms with Crippen molar-refractivity contribution in [2.45, 2.75) is 5.60 Å². The van der Waals surface area contributed by atoms with Gasteiger partial charge in [-0.3, -0.25) is 4.79 Å². The molecular weight excluding hydrogens is 330 g/mol. The van der Waals surface area contributed by atoms with E-state index in [0.29, 0.717) is 15.6 Å². The van der Waals surface area contributed by atoms with Crippen molar-refractivity contribution < 1.29 is 9.90 Å². The summed E-state index contributed by atoms with van der Waals surface area (Å²) < 4.78 is 0.638. The number of amides is 1. The van der Waals surface area contributed by atoms with Crippen LogP contribution in [0.25, 0.3) is 0 Å². The van der Waals surface area contributed by atoms with Gasteiger partial charge >= 0.3 is 0 Å². The fourth-order valence-electron chi connectivity index (χ4n) is 2.09. The summed E-state index contributed by atoms with van der Waals surface area (Å²) in [6, 6.07) is 17.8. The van der Waals surface area contributed by atoms with E-state index >= 15 is 0 Å². The molecule has 0 aliphatic heterocycles. The Bertz CT molecular complexity index is 586. The van der Waals surface area contributed by atoms with Crippen molar-refractivity contribution in [1.82, 2.24) is 5.32 Å². The SMILES string of the molecule is C=C(Br)CNC(=O)C(O)(c1ccccc1)c1ccccc1. The lowest BCUT2D eigenvalue weighted by molar-refractivity contribution is -0.136. The number of carbonyl (C=O) groups excluding carboxylic acids is 1. The Morgan fingerprint density at radius 2 is 1.48 bits per heavy atom. The van der Waals surface area contributed by atoms with Crippen LogP contribution in [0.4, 0.5) is 0 Å². The third-order valence-electron chi connectivity index (χ3n) is 3.15. The van der Waals surface area contributed by atoms with Gasteiger partial charge in [-0.15, -0.1) is 0 Å². The first-order valence-corrected chi connectivity index (χ1v) is 7.29. The van der Waals surface area contributed by atoms with Gasteiger partial charge in [-0.1, -0.05) is 83.2 Å². The van der Waals surface area contributed by atoms with E-state index in [1.54, 1.807) is 48.5 Å². The zero-order valence-corrected chi connectivity index (χ0v) is 13.0. The van der Waals surface area contributed by atoms with E-state index in [-0.39, 0.29) is 6.54 Å². The lowest BCUT2D eigenvalue weighted by Crippen LogP contribution is -2.45. The number of benzene rings is 2. The molecule has 0 aliphatic rings. The van der Waals surface area contributed by atoms with Crippen molar-refractivity contribution in [1.29, 1.82) is 0 Å². The van der Waals surface area contributed by atoms with Crippen LogP contribution in [0, 0.1) is 0 Å². The molecule has 0 aliphatic carbocycles. The first kappa shape index (κ1) is 15.5. The van der Waals surface area contributed by atoms with E-state index in [2.05, 4.69) is 27.8 Å². The molecule has 108 valence electrons. The van der Waals surface area contributed by atoms with Gasteiger partial charge in [0.25, 0.3) is 5.91 Å². The Hall–Kier alpha value is -1.91. The van der Waals surface area contributed by atoms with E-state index in [4.69, 9.17) is 0 Å². The van der Waals surface area contributed by atoms with Crippen molar-refractivity contribution >= 4 is 21.8 Å². The van der Waals surface area contributed by atoms with Gasteiger partial charge in [-0.2, -0.15) is 0 Å². The molecule has 0 fully saturated rings. The first-order valence-electron chi connectivity index (χ1n) is 6.50. The van der Waals surface area contributed by atoms with E-state index in [9.17, 15) is 9.90 Å². The molecule has 21 heavy (non-hydrogen) atoms. The number of carbonyl (C=O) groups is 1. The number of aliphatic hydroxyl groups is 1. The zero-order chi connectivity index (χ0) is 15.3. The van der Waals surface area contributed by atoms with Gasteiger partial charge in [0.1, 0.15) is 0 Å². The molecule has 2 N–H and O–H groups in total. The van der Waals surface area contributed by atoms with Gasteiger partial charge in [0.05, 0.1) is 0 Å². The van der Waals surface area contributed by atoms with Crippen LogP contribution in [0.15, 0.2) is 71.7 Å². The van der Waals surface area contributed by atoms with Crippen LogP contribution in [0.3, 0.4) is 0 Å². The summed E-state index contributed by atoms with van der Waals surface area (Å²) >= 11 is 3.19. The van der Waals surface area contributed by atoms with Crippen LogP contribution in [-0.4, -0.2) is 17.6 Å². The first-order chi connectivity index (χ1) is 10.0. The number of rotatable bonds is 5. The summed E-state index contributed by atoms with van der Waals surface area (Å²) in [7, 11) is 0. The maximum absolute atomic E-state index is 12.5. The van der Waals surface area contributed by atoms with Crippen molar-refractivity contribution in [2.24, 2.45) is 0 Å². The highest BCUT2D eigenvalue weighted by Gasteiger charge is 2.39. The number of halogens is 1. The standard InChI is InChI=1S/C17H16BrNO2/c1-13(18)12-19-16(20)17(21,14-8-4-2-5-9-14)15-10-6-3-7-11-15/h2-11,21H,1,12H2,(H,19,20). The Morgan fingerprint density at radius 3 is 1.86 bits per heavy atom. The predicted octanol–water partition coefficient (Wildman–Crippen LogP) is 2.95. The van der Waals surface area contributed by atoms with Crippen LogP contribution in [0.2, 0.25) is 0 Å². The lowest BCUT2D eigenvalue weighted by Gasteiger charge is -2.28. The summed E-state index contributed by atoms with van der Waals surface area (Å²) in [5.74, 6) is -0.486.